The number of carboxylic acid groups (broad SMARTS) is 3. The number of nitriles is 1. The number of nitrogens with one attached hydrogen (secondary N) is 1. The molecule has 0 aromatic carbocycles. The van der Waals surface area contributed by atoms with Gasteiger partial charge in [0.05, 0.1) is 24.4 Å². The molecule has 1 saturated carbocycles. The summed E-state index contributed by atoms with van der Waals surface area (Å²) in [6.07, 6.45) is -9.55. The van der Waals surface area contributed by atoms with Gasteiger partial charge in [-0.05, 0) is 43.4 Å². The zero-order chi connectivity index (χ0) is 46.1. The highest BCUT2D eigenvalue weighted by atomic mass is 19.4. The summed E-state index contributed by atoms with van der Waals surface area (Å²) in [5.74, 6) is -8.31. The second kappa shape index (κ2) is 19.4. The Morgan fingerprint density at radius 3 is 1.90 bits per heavy atom. The first-order valence-corrected chi connectivity index (χ1v) is 16.9. The highest BCUT2D eigenvalue weighted by Gasteiger charge is 2.48. The van der Waals surface area contributed by atoms with Gasteiger partial charge in [-0.1, -0.05) is 0 Å². The number of ether oxygens (including phenoxy) is 1. The highest BCUT2D eigenvalue weighted by molar-refractivity contribution is 5.90. The van der Waals surface area contributed by atoms with Gasteiger partial charge in [0.2, 0.25) is 5.88 Å². The predicted octanol–water partition coefficient (Wildman–Crippen LogP) is 5.91. The number of hydrogen-bond acceptors (Lipinski definition) is 11. The third kappa shape index (κ3) is 13.6. The summed E-state index contributed by atoms with van der Waals surface area (Å²) in [6, 6.07) is 7.00. The topological polar surface area (TPSA) is 246 Å². The van der Waals surface area contributed by atoms with Crippen LogP contribution >= 0.6 is 0 Å². The molecular formula is C33H31F12N9O7. The molecule has 0 bridgehead atoms. The lowest BCUT2D eigenvalue weighted by molar-refractivity contribution is -0.193. The smallest absolute Gasteiger partial charge is 0.475 e. The minimum absolute atomic E-state index is 0.0264. The summed E-state index contributed by atoms with van der Waals surface area (Å²) in [5, 5.41) is 36.5. The number of pyridine rings is 1. The molecule has 6 rings (SSSR count). The van der Waals surface area contributed by atoms with E-state index in [2.05, 4.69) is 36.0 Å². The average Bonchev–Trinajstić information content (AvgIpc) is 3.83. The van der Waals surface area contributed by atoms with Gasteiger partial charge < -0.3 is 30.8 Å². The van der Waals surface area contributed by atoms with E-state index >= 15 is 0 Å². The summed E-state index contributed by atoms with van der Waals surface area (Å²) in [5.41, 5.74) is 6.90. The zero-order valence-corrected chi connectivity index (χ0v) is 30.6. The molecule has 1 saturated heterocycles. The molecule has 0 amide bonds. The van der Waals surface area contributed by atoms with E-state index in [0.29, 0.717) is 44.0 Å². The maximum absolute atomic E-state index is 13.2. The van der Waals surface area contributed by atoms with E-state index in [1.54, 1.807) is 6.20 Å². The third-order valence-electron chi connectivity index (χ3n) is 8.66. The average molecular weight is 894 g/mol. The highest BCUT2D eigenvalue weighted by Crippen LogP contribution is 2.39. The minimum atomic E-state index is -5.08. The van der Waals surface area contributed by atoms with E-state index < -0.39 is 53.8 Å². The monoisotopic (exact) mass is 893 g/mol. The maximum Gasteiger partial charge on any atom is 0.490 e. The van der Waals surface area contributed by atoms with Crippen LogP contribution in [0.3, 0.4) is 0 Å². The van der Waals surface area contributed by atoms with Gasteiger partial charge in [-0.2, -0.15) is 63.0 Å². The van der Waals surface area contributed by atoms with E-state index in [-0.39, 0.29) is 18.5 Å². The molecule has 1 aliphatic heterocycles. The van der Waals surface area contributed by atoms with Crippen LogP contribution in [-0.4, -0.2) is 112 Å². The number of aliphatic carboxylic acids is 3. The van der Waals surface area contributed by atoms with E-state index in [4.69, 9.17) is 40.2 Å². The predicted molar refractivity (Wildman–Crippen MR) is 180 cm³/mol. The van der Waals surface area contributed by atoms with Crippen LogP contribution in [0.15, 0.2) is 43.1 Å². The van der Waals surface area contributed by atoms with Crippen LogP contribution in [0.4, 0.5) is 52.7 Å². The van der Waals surface area contributed by atoms with Crippen molar-refractivity contribution in [2.75, 3.05) is 13.1 Å². The number of aromatic nitrogens is 6. The molecule has 28 heteroatoms. The quantitative estimate of drug-likeness (QED) is 0.136. The Hall–Kier alpha value is -6.24. The summed E-state index contributed by atoms with van der Waals surface area (Å²) in [6.45, 7) is 1.36. The minimum Gasteiger partial charge on any atom is -0.475 e. The fourth-order valence-electron chi connectivity index (χ4n) is 5.84. The second-order valence-electron chi connectivity index (χ2n) is 13.0. The van der Waals surface area contributed by atoms with Crippen LogP contribution in [0.2, 0.25) is 0 Å². The maximum atomic E-state index is 13.2. The normalized spacial score (nSPS) is 17.8. The Morgan fingerprint density at radius 1 is 0.885 bits per heavy atom. The van der Waals surface area contributed by atoms with E-state index in [0.717, 1.165) is 41.2 Å². The largest absolute Gasteiger partial charge is 0.490 e. The summed E-state index contributed by atoms with van der Waals surface area (Å²) < 4.78 is 143. The van der Waals surface area contributed by atoms with Crippen molar-refractivity contribution in [2.45, 2.75) is 81.0 Å². The van der Waals surface area contributed by atoms with Crippen molar-refractivity contribution in [2.24, 2.45) is 5.73 Å². The number of fused-ring (bicyclic) bond motifs is 1. The molecule has 0 spiro atoms. The van der Waals surface area contributed by atoms with Gasteiger partial charge in [-0.15, -0.1) is 0 Å². The molecule has 16 nitrogen and oxygen atoms in total. The molecule has 2 fully saturated rings. The van der Waals surface area contributed by atoms with Gasteiger partial charge in [0.25, 0.3) is 0 Å². The number of rotatable bonds is 7. The van der Waals surface area contributed by atoms with Gasteiger partial charge in [-0.25, -0.2) is 29.3 Å². The Labute approximate surface area is 333 Å². The van der Waals surface area contributed by atoms with Crippen molar-refractivity contribution in [3.8, 4) is 23.2 Å². The SMILES string of the molecule is N#CCC1(n2cc(-c3ncnc4[nH]ccc34)cn2)CN(C2CCC(Oc3cc(CN)cc(C(F)(F)F)n3)CC2)C1.O=C(O)C(F)(F)F.O=C(O)C(F)(F)F.O=C(O)C(F)(F)F. The Kier molecular flexibility index (Phi) is 15.6. The molecule has 1 aliphatic carbocycles. The van der Waals surface area contributed by atoms with Crippen LogP contribution in [-0.2, 0) is 32.6 Å². The van der Waals surface area contributed by atoms with Crippen molar-refractivity contribution in [1.82, 2.24) is 34.6 Å². The van der Waals surface area contributed by atoms with Crippen LogP contribution in [0.1, 0.15) is 43.4 Å². The number of likely N-dealkylation sites (tertiary alicyclic amines) is 1. The number of nitrogens with zero attached hydrogens (tertiary/aromatic N) is 7. The summed E-state index contributed by atoms with van der Waals surface area (Å²) in [4.78, 5) is 44.5. The number of aromatic amines is 1. The van der Waals surface area contributed by atoms with Crippen molar-refractivity contribution in [1.29, 1.82) is 5.26 Å². The molecule has 4 aromatic heterocycles. The Bertz CT molecular complexity index is 2110. The number of H-pyrrole nitrogens is 1. The van der Waals surface area contributed by atoms with Gasteiger partial charge in [-0.3, -0.25) is 9.58 Å². The van der Waals surface area contributed by atoms with Gasteiger partial charge in [0.15, 0.2) is 0 Å². The summed E-state index contributed by atoms with van der Waals surface area (Å²) >= 11 is 0. The number of alkyl halides is 12. The fourth-order valence-corrected chi connectivity index (χ4v) is 5.84. The zero-order valence-electron chi connectivity index (χ0n) is 30.6. The van der Waals surface area contributed by atoms with Crippen LogP contribution in [0.25, 0.3) is 22.3 Å². The fraction of sp³-hybridized carbons (Fsp3) is 0.455. The lowest BCUT2D eigenvalue weighted by Crippen LogP contribution is -2.65. The number of halogens is 12. The Morgan fingerprint density at radius 2 is 1.43 bits per heavy atom. The third-order valence-corrected chi connectivity index (χ3v) is 8.66. The standard InChI is InChI=1S/C27H28F3N9O.3C2HF3O2/c28-27(29,30)22-9-17(11-32)10-23(37-22)40-20-3-1-19(2-4-20)38-14-26(15-38,6-7-31)39-13-18(12-36-39)24-21-5-8-33-25(21)35-16-34-24;3*3-2(4,5)1(6)7/h5,8-10,12-13,16,19-20H,1-4,6,11,14-15,32H2,(H,33,34,35);3*(H,6,7). The number of nitrogens with two attached hydrogens (primary N) is 1. The van der Waals surface area contributed by atoms with E-state index in [1.807, 2.05) is 23.1 Å². The van der Waals surface area contributed by atoms with Crippen LogP contribution < -0.4 is 10.5 Å². The molecule has 61 heavy (non-hydrogen) atoms. The van der Waals surface area contributed by atoms with Crippen LogP contribution in [0.5, 0.6) is 5.88 Å². The first-order chi connectivity index (χ1) is 28.1. The van der Waals surface area contributed by atoms with Crippen molar-refractivity contribution < 1.29 is 87.1 Å². The lowest BCUT2D eigenvalue weighted by Gasteiger charge is -2.53. The molecular weight excluding hydrogens is 862 g/mol. The number of carbonyl (C=O) groups is 3. The first-order valence-electron chi connectivity index (χ1n) is 16.9. The Balaban J connectivity index is 0.000000390. The van der Waals surface area contributed by atoms with E-state index in [9.17, 15) is 57.9 Å². The van der Waals surface area contributed by atoms with Crippen molar-refractivity contribution >= 4 is 28.9 Å². The molecule has 4 aromatic rings. The number of carboxylic acids is 3. The molecule has 5 heterocycles. The second-order valence-corrected chi connectivity index (χ2v) is 13.0. The molecule has 0 radical (unpaired) electrons. The molecule has 6 N–H and O–H groups in total. The summed E-state index contributed by atoms with van der Waals surface area (Å²) in [7, 11) is 0. The van der Waals surface area contributed by atoms with Crippen molar-refractivity contribution in [3.05, 3.63) is 54.4 Å². The lowest BCUT2D eigenvalue weighted by atomic mass is 9.82. The first kappa shape index (κ1) is 49.1. The van der Waals surface area contributed by atoms with Crippen LogP contribution in [0, 0.1) is 11.3 Å². The molecule has 0 unspecified atom stereocenters. The van der Waals surface area contributed by atoms with Gasteiger partial charge in [0.1, 0.15) is 29.3 Å². The molecule has 2 aliphatic rings. The van der Waals surface area contributed by atoms with Crippen molar-refractivity contribution in [3.63, 3.8) is 0 Å². The number of hydrogen-bond donors (Lipinski definition) is 5. The molecule has 0 atom stereocenters. The van der Waals surface area contributed by atoms with Gasteiger partial charge in [0, 0.05) is 55.1 Å². The molecule has 334 valence electrons. The van der Waals surface area contributed by atoms with Gasteiger partial charge >= 0.3 is 42.6 Å². The van der Waals surface area contributed by atoms with E-state index in [1.165, 1.54) is 12.4 Å².